The molecule has 1 atom stereocenters. The zero-order valence-corrected chi connectivity index (χ0v) is 11.9. The molecule has 108 valence electrons. The van der Waals surface area contributed by atoms with Gasteiger partial charge in [0.1, 0.15) is 0 Å². The summed E-state index contributed by atoms with van der Waals surface area (Å²) in [6.07, 6.45) is 9.10. The Morgan fingerprint density at radius 3 is 2.42 bits per heavy atom. The highest BCUT2D eigenvalue weighted by Crippen LogP contribution is 2.23. The van der Waals surface area contributed by atoms with Crippen LogP contribution in [-0.2, 0) is 0 Å². The molecule has 2 aliphatic heterocycles. The second-order valence-electron chi connectivity index (χ2n) is 6.17. The fourth-order valence-corrected chi connectivity index (χ4v) is 3.76. The molecule has 1 unspecified atom stereocenters. The molecule has 5 nitrogen and oxygen atoms in total. The summed E-state index contributed by atoms with van der Waals surface area (Å²) < 4.78 is 0. The average molecular weight is 265 g/mol. The number of hydrogen-bond donors (Lipinski definition) is 2. The number of likely N-dealkylation sites (tertiary alicyclic amines) is 2. The predicted octanol–water partition coefficient (Wildman–Crippen LogP) is 0.918. The Hall–Kier alpha value is -0.810. The molecule has 3 aliphatic rings. The molecule has 0 bridgehead atoms. The molecule has 0 aromatic heterocycles. The highest BCUT2D eigenvalue weighted by Gasteiger charge is 2.31. The standard InChI is InChI=1S/C14H27N5/c15-17-14(16-12-5-1-2-6-12)19-10-7-13(11-19)18-8-3-4-9-18/h12-13H,1-11,15H2,(H,16,17). The van der Waals surface area contributed by atoms with E-state index in [4.69, 9.17) is 10.8 Å². The smallest absolute Gasteiger partial charge is 0.208 e. The van der Waals surface area contributed by atoms with Gasteiger partial charge in [-0.2, -0.15) is 0 Å². The molecule has 0 aromatic carbocycles. The number of nitrogens with two attached hydrogens (primary N) is 1. The Balaban J connectivity index is 1.58. The van der Waals surface area contributed by atoms with E-state index in [9.17, 15) is 0 Å². The van der Waals surface area contributed by atoms with Gasteiger partial charge >= 0.3 is 0 Å². The molecule has 3 rings (SSSR count). The van der Waals surface area contributed by atoms with E-state index in [0.29, 0.717) is 12.1 Å². The molecule has 3 N–H and O–H groups in total. The first-order valence-corrected chi connectivity index (χ1v) is 7.90. The van der Waals surface area contributed by atoms with Crippen molar-refractivity contribution in [3.63, 3.8) is 0 Å². The average Bonchev–Trinajstić information content (AvgIpc) is 3.15. The number of hydrogen-bond acceptors (Lipinski definition) is 3. The summed E-state index contributed by atoms with van der Waals surface area (Å²) in [5, 5.41) is 0. The van der Waals surface area contributed by atoms with E-state index in [1.807, 2.05) is 0 Å². The van der Waals surface area contributed by atoms with Gasteiger partial charge in [-0.3, -0.25) is 10.3 Å². The van der Waals surface area contributed by atoms with Crippen LogP contribution in [0.25, 0.3) is 0 Å². The first kappa shape index (κ1) is 13.2. The SMILES string of the molecule is NNC(=NC1CCCC1)N1CCC(N2CCCC2)C1. The van der Waals surface area contributed by atoms with Gasteiger partial charge in [0.25, 0.3) is 0 Å². The third-order valence-electron chi connectivity index (χ3n) is 4.88. The summed E-state index contributed by atoms with van der Waals surface area (Å²) in [5.41, 5.74) is 2.84. The van der Waals surface area contributed by atoms with Gasteiger partial charge in [-0.1, -0.05) is 12.8 Å². The van der Waals surface area contributed by atoms with Crippen molar-refractivity contribution in [3.05, 3.63) is 0 Å². The van der Waals surface area contributed by atoms with Gasteiger partial charge in [0.2, 0.25) is 5.96 Å². The molecular formula is C14H27N5. The normalized spacial score (nSPS) is 30.5. The lowest BCUT2D eigenvalue weighted by Crippen LogP contribution is -2.46. The van der Waals surface area contributed by atoms with Crippen LogP contribution in [0.4, 0.5) is 0 Å². The first-order valence-electron chi connectivity index (χ1n) is 7.90. The quantitative estimate of drug-likeness (QED) is 0.337. The highest BCUT2D eigenvalue weighted by atomic mass is 15.4. The van der Waals surface area contributed by atoms with Crippen LogP contribution in [0.2, 0.25) is 0 Å². The lowest BCUT2D eigenvalue weighted by Gasteiger charge is -2.25. The molecule has 2 heterocycles. The van der Waals surface area contributed by atoms with Crippen molar-refractivity contribution in [2.45, 2.75) is 57.0 Å². The zero-order valence-electron chi connectivity index (χ0n) is 11.9. The number of nitrogens with zero attached hydrogens (tertiary/aromatic N) is 3. The molecule has 0 radical (unpaired) electrons. The molecule has 1 aliphatic carbocycles. The van der Waals surface area contributed by atoms with Gasteiger partial charge in [0.05, 0.1) is 6.04 Å². The molecular weight excluding hydrogens is 238 g/mol. The van der Waals surface area contributed by atoms with Crippen LogP contribution in [0.1, 0.15) is 44.9 Å². The molecule has 19 heavy (non-hydrogen) atoms. The maximum absolute atomic E-state index is 5.69. The zero-order chi connectivity index (χ0) is 13.1. The summed E-state index contributed by atoms with van der Waals surface area (Å²) in [6.45, 7) is 4.75. The van der Waals surface area contributed by atoms with Crippen molar-refractivity contribution in [2.75, 3.05) is 26.2 Å². The lowest BCUT2D eigenvalue weighted by molar-refractivity contribution is 0.249. The highest BCUT2D eigenvalue weighted by molar-refractivity contribution is 5.80. The third kappa shape index (κ3) is 3.03. The molecule has 3 fully saturated rings. The van der Waals surface area contributed by atoms with Crippen LogP contribution < -0.4 is 11.3 Å². The fourth-order valence-electron chi connectivity index (χ4n) is 3.76. The van der Waals surface area contributed by atoms with E-state index in [-0.39, 0.29) is 0 Å². The summed E-state index contributed by atoms with van der Waals surface area (Å²) in [7, 11) is 0. The Bertz CT molecular complexity index is 318. The Morgan fingerprint density at radius 1 is 1.00 bits per heavy atom. The minimum atomic E-state index is 0.497. The van der Waals surface area contributed by atoms with Gasteiger partial charge < -0.3 is 4.90 Å². The minimum Gasteiger partial charge on any atom is -0.340 e. The Kier molecular flexibility index (Phi) is 4.23. The van der Waals surface area contributed by atoms with Gasteiger partial charge in [-0.25, -0.2) is 10.8 Å². The summed E-state index contributed by atoms with van der Waals surface area (Å²) in [6, 6.07) is 1.21. The van der Waals surface area contributed by atoms with E-state index in [0.717, 1.165) is 19.0 Å². The molecule has 0 amide bonds. The maximum atomic E-state index is 5.69. The van der Waals surface area contributed by atoms with Gasteiger partial charge in [-0.05, 0) is 45.2 Å². The monoisotopic (exact) mass is 265 g/mol. The molecule has 5 heteroatoms. The number of aliphatic imine (C=N–C) groups is 1. The number of hydrazine groups is 1. The van der Waals surface area contributed by atoms with Gasteiger partial charge in [0.15, 0.2) is 0 Å². The molecule has 1 saturated carbocycles. The second kappa shape index (κ2) is 6.09. The number of nitrogens with one attached hydrogen (secondary N) is 1. The van der Waals surface area contributed by atoms with E-state index in [2.05, 4.69) is 15.2 Å². The number of guanidine groups is 1. The van der Waals surface area contributed by atoms with Crippen molar-refractivity contribution in [3.8, 4) is 0 Å². The first-order chi connectivity index (χ1) is 9.36. The van der Waals surface area contributed by atoms with E-state index in [1.165, 1.54) is 58.0 Å². The fraction of sp³-hybridized carbons (Fsp3) is 0.929. The van der Waals surface area contributed by atoms with E-state index >= 15 is 0 Å². The second-order valence-corrected chi connectivity index (χ2v) is 6.17. The van der Waals surface area contributed by atoms with Crippen molar-refractivity contribution < 1.29 is 0 Å². The van der Waals surface area contributed by atoms with E-state index < -0.39 is 0 Å². The topological polar surface area (TPSA) is 56.9 Å². The third-order valence-corrected chi connectivity index (χ3v) is 4.88. The minimum absolute atomic E-state index is 0.497. The van der Waals surface area contributed by atoms with Crippen LogP contribution in [-0.4, -0.2) is 54.0 Å². The Morgan fingerprint density at radius 2 is 1.74 bits per heavy atom. The van der Waals surface area contributed by atoms with Crippen LogP contribution in [0.15, 0.2) is 4.99 Å². The number of rotatable bonds is 2. The van der Waals surface area contributed by atoms with Crippen LogP contribution >= 0.6 is 0 Å². The van der Waals surface area contributed by atoms with Crippen LogP contribution in [0.3, 0.4) is 0 Å². The molecule has 0 aromatic rings. The van der Waals surface area contributed by atoms with Gasteiger partial charge in [0, 0.05) is 19.1 Å². The van der Waals surface area contributed by atoms with Crippen molar-refractivity contribution in [2.24, 2.45) is 10.8 Å². The Labute approximate surface area is 116 Å². The molecule has 0 spiro atoms. The summed E-state index contributed by atoms with van der Waals surface area (Å²) >= 11 is 0. The van der Waals surface area contributed by atoms with Crippen molar-refractivity contribution >= 4 is 5.96 Å². The predicted molar refractivity (Wildman–Crippen MR) is 77.8 cm³/mol. The van der Waals surface area contributed by atoms with Crippen molar-refractivity contribution in [1.29, 1.82) is 0 Å². The van der Waals surface area contributed by atoms with E-state index in [1.54, 1.807) is 0 Å². The summed E-state index contributed by atoms with van der Waals surface area (Å²) in [5.74, 6) is 6.62. The van der Waals surface area contributed by atoms with Gasteiger partial charge in [-0.15, -0.1) is 0 Å². The van der Waals surface area contributed by atoms with Crippen LogP contribution in [0.5, 0.6) is 0 Å². The molecule has 2 saturated heterocycles. The maximum Gasteiger partial charge on any atom is 0.208 e. The lowest BCUT2D eigenvalue weighted by atomic mass is 10.2. The summed E-state index contributed by atoms with van der Waals surface area (Å²) in [4.78, 5) is 9.82. The largest absolute Gasteiger partial charge is 0.340 e. The van der Waals surface area contributed by atoms with Crippen molar-refractivity contribution in [1.82, 2.24) is 15.2 Å². The van der Waals surface area contributed by atoms with Crippen LogP contribution in [0, 0.1) is 0 Å².